The highest BCUT2D eigenvalue weighted by Crippen LogP contribution is 2.13. The summed E-state index contributed by atoms with van der Waals surface area (Å²) in [4.78, 5) is 74.3. The summed E-state index contributed by atoms with van der Waals surface area (Å²) in [5.74, 6) is -2.77. The molecule has 1 fully saturated rings. The summed E-state index contributed by atoms with van der Waals surface area (Å²) in [6.07, 6.45) is 4.31. The van der Waals surface area contributed by atoms with Gasteiger partial charge in [-0.3, -0.25) is 28.9 Å². The molecule has 1 N–H and O–H groups in total. The van der Waals surface area contributed by atoms with Crippen molar-refractivity contribution < 1.29 is 35.0 Å². The molecule has 0 aliphatic carbocycles. The predicted octanol–water partition coefficient (Wildman–Crippen LogP) is -0.169. The average molecular weight is 381 g/mol. The van der Waals surface area contributed by atoms with Crippen molar-refractivity contribution in [3.05, 3.63) is 12.2 Å². The van der Waals surface area contributed by atoms with E-state index in [9.17, 15) is 28.8 Å². The fraction of sp³-hybridized carbons (Fsp3) is 0.529. The van der Waals surface area contributed by atoms with Gasteiger partial charge in [0, 0.05) is 52.4 Å². The van der Waals surface area contributed by atoms with Crippen LogP contribution in [0.25, 0.3) is 0 Å². The Morgan fingerprint density at radius 2 is 1.59 bits per heavy atom. The van der Waals surface area contributed by atoms with Gasteiger partial charge in [0.2, 0.25) is 5.91 Å². The van der Waals surface area contributed by atoms with E-state index < -0.39 is 29.6 Å². The lowest BCUT2D eigenvalue weighted by atomic mass is 10.2. The van der Waals surface area contributed by atoms with Crippen LogP contribution in [0.1, 0.15) is 46.4 Å². The molecule has 0 bridgehead atoms. The third-order valence-corrected chi connectivity index (χ3v) is 4.04. The lowest BCUT2D eigenvalue weighted by Crippen LogP contribution is -2.34. The first-order valence-electron chi connectivity index (χ1n) is 8.75. The molecular weight excluding hydrogens is 358 g/mol. The molecule has 0 aromatic rings. The molecule has 0 radical (unpaired) electrons. The van der Waals surface area contributed by atoms with Crippen molar-refractivity contribution in [3.63, 3.8) is 0 Å². The Labute approximate surface area is 156 Å². The standard InChI is InChI=1S/C17H21N3O7.H2/c21-12(9-11-19-13(22)5-6-14(19)23)18-10-3-1-2-4-17(26)27-20-15(24)7-8-16(20)25;/h5-6H,1-4,7-11H2,(H,18,21);1H. The fourth-order valence-electron chi connectivity index (χ4n) is 2.56. The number of imide groups is 2. The number of hydroxylamine groups is 2. The number of rotatable bonds is 10. The third kappa shape index (κ3) is 6.01. The quantitative estimate of drug-likeness (QED) is 0.411. The molecule has 148 valence electrons. The Morgan fingerprint density at radius 1 is 0.963 bits per heavy atom. The molecule has 27 heavy (non-hydrogen) atoms. The van der Waals surface area contributed by atoms with Crippen molar-refractivity contribution in [1.82, 2.24) is 15.3 Å². The zero-order chi connectivity index (χ0) is 19.8. The van der Waals surface area contributed by atoms with Crippen LogP contribution in [0.4, 0.5) is 0 Å². The number of nitrogens with one attached hydrogen (secondary N) is 1. The van der Waals surface area contributed by atoms with Gasteiger partial charge in [0.15, 0.2) is 0 Å². The molecule has 2 rings (SSSR count). The number of hydrogen-bond acceptors (Lipinski definition) is 7. The summed E-state index contributed by atoms with van der Waals surface area (Å²) in [6, 6.07) is 0. The minimum atomic E-state index is -0.642. The summed E-state index contributed by atoms with van der Waals surface area (Å²) in [5.41, 5.74) is 0. The predicted molar refractivity (Wildman–Crippen MR) is 91.2 cm³/mol. The maximum Gasteiger partial charge on any atom is 0.333 e. The molecule has 2 heterocycles. The SMILES string of the molecule is O=C(CCN1C(=O)C=CC1=O)NCCCCCC(=O)ON1C(=O)CCC1=O.[HH]. The van der Waals surface area contributed by atoms with Crippen LogP contribution in [0, 0.1) is 0 Å². The van der Waals surface area contributed by atoms with Gasteiger partial charge in [0.05, 0.1) is 0 Å². The van der Waals surface area contributed by atoms with Crippen molar-refractivity contribution in [2.75, 3.05) is 13.1 Å². The van der Waals surface area contributed by atoms with Gasteiger partial charge in [-0.05, 0) is 12.8 Å². The van der Waals surface area contributed by atoms with E-state index in [-0.39, 0.29) is 39.6 Å². The lowest BCUT2D eigenvalue weighted by Gasteiger charge is -2.13. The summed E-state index contributed by atoms with van der Waals surface area (Å²) in [5, 5.41) is 3.19. The molecule has 10 nitrogen and oxygen atoms in total. The highest BCUT2D eigenvalue weighted by molar-refractivity contribution is 6.13. The fourth-order valence-corrected chi connectivity index (χ4v) is 2.56. The minimum Gasteiger partial charge on any atom is -0.356 e. The van der Waals surface area contributed by atoms with Gasteiger partial charge < -0.3 is 10.2 Å². The largest absolute Gasteiger partial charge is 0.356 e. The number of carbonyl (C=O) groups excluding carboxylic acids is 6. The number of carbonyl (C=O) groups is 6. The van der Waals surface area contributed by atoms with Gasteiger partial charge in [-0.15, -0.1) is 5.06 Å². The Kier molecular flexibility index (Phi) is 7.21. The lowest BCUT2D eigenvalue weighted by molar-refractivity contribution is -0.197. The molecule has 0 aromatic carbocycles. The van der Waals surface area contributed by atoms with Gasteiger partial charge in [0.25, 0.3) is 23.6 Å². The smallest absolute Gasteiger partial charge is 0.333 e. The summed E-state index contributed by atoms with van der Waals surface area (Å²) < 4.78 is 0. The van der Waals surface area contributed by atoms with Crippen molar-refractivity contribution >= 4 is 35.5 Å². The molecule has 10 heteroatoms. The zero-order valence-corrected chi connectivity index (χ0v) is 14.8. The molecule has 0 atom stereocenters. The summed E-state index contributed by atoms with van der Waals surface area (Å²) >= 11 is 0. The second kappa shape index (κ2) is 9.60. The van der Waals surface area contributed by atoms with Crippen molar-refractivity contribution in [2.24, 2.45) is 0 Å². The molecule has 2 aliphatic rings. The van der Waals surface area contributed by atoms with Gasteiger partial charge in [-0.1, -0.05) is 6.42 Å². The van der Waals surface area contributed by atoms with Crippen LogP contribution < -0.4 is 5.32 Å². The van der Waals surface area contributed by atoms with E-state index in [0.717, 1.165) is 4.90 Å². The first kappa shape index (κ1) is 20.3. The summed E-state index contributed by atoms with van der Waals surface area (Å²) in [6.45, 7) is 0.438. The number of amides is 5. The maximum atomic E-state index is 11.7. The van der Waals surface area contributed by atoms with Crippen molar-refractivity contribution in [3.8, 4) is 0 Å². The Bertz CT molecular complexity index is 658. The molecule has 0 saturated carbocycles. The van der Waals surface area contributed by atoms with E-state index in [1.54, 1.807) is 0 Å². The number of hydrogen-bond donors (Lipinski definition) is 1. The number of unbranched alkanes of at least 4 members (excludes halogenated alkanes) is 2. The van der Waals surface area contributed by atoms with E-state index in [0.29, 0.717) is 30.9 Å². The zero-order valence-electron chi connectivity index (χ0n) is 14.8. The van der Waals surface area contributed by atoms with Crippen LogP contribution in [0.2, 0.25) is 0 Å². The molecule has 2 aliphatic heterocycles. The second-order valence-corrected chi connectivity index (χ2v) is 6.12. The van der Waals surface area contributed by atoms with E-state index in [2.05, 4.69) is 5.32 Å². The van der Waals surface area contributed by atoms with Crippen LogP contribution in [0.5, 0.6) is 0 Å². The normalized spacial score (nSPS) is 16.4. The van der Waals surface area contributed by atoms with E-state index >= 15 is 0 Å². The van der Waals surface area contributed by atoms with Crippen LogP contribution in [0.15, 0.2) is 12.2 Å². The minimum absolute atomic E-state index is 0. The Morgan fingerprint density at radius 3 is 2.22 bits per heavy atom. The number of nitrogens with zero attached hydrogens (tertiary/aromatic N) is 2. The van der Waals surface area contributed by atoms with Gasteiger partial charge >= 0.3 is 5.97 Å². The Balaban J connectivity index is 0.00000392. The molecule has 0 aromatic heterocycles. The van der Waals surface area contributed by atoms with E-state index in [4.69, 9.17) is 4.84 Å². The molecule has 0 unspecified atom stereocenters. The van der Waals surface area contributed by atoms with Crippen LogP contribution >= 0.6 is 0 Å². The topological polar surface area (TPSA) is 130 Å². The highest BCUT2D eigenvalue weighted by atomic mass is 16.7. The highest BCUT2D eigenvalue weighted by Gasteiger charge is 2.32. The first-order valence-corrected chi connectivity index (χ1v) is 8.75. The molecule has 0 spiro atoms. The maximum absolute atomic E-state index is 11.7. The third-order valence-electron chi connectivity index (χ3n) is 4.04. The second-order valence-electron chi connectivity index (χ2n) is 6.12. The summed E-state index contributed by atoms with van der Waals surface area (Å²) in [7, 11) is 0. The van der Waals surface area contributed by atoms with Gasteiger partial charge in [-0.25, -0.2) is 4.79 Å². The molecule has 1 saturated heterocycles. The van der Waals surface area contributed by atoms with Gasteiger partial charge in [-0.2, -0.15) is 0 Å². The first-order chi connectivity index (χ1) is 12.9. The van der Waals surface area contributed by atoms with Crippen LogP contribution in [0.3, 0.4) is 0 Å². The van der Waals surface area contributed by atoms with Crippen LogP contribution in [-0.4, -0.2) is 58.6 Å². The molecule has 5 amide bonds. The van der Waals surface area contributed by atoms with E-state index in [1.807, 2.05) is 0 Å². The average Bonchev–Trinajstić information content (AvgIpc) is 3.12. The molecular formula is C17H23N3O7. The van der Waals surface area contributed by atoms with Gasteiger partial charge in [0.1, 0.15) is 0 Å². The van der Waals surface area contributed by atoms with Crippen molar-refractivity contribution in [2.45, 2.75) is 44.9 Å². The van der Waals surface area contributed by atoms with Crippen molar-refractivity contribution in [1.29, 1.82) is 0 Å². The van der Waals surface area contributed by atoms with E-state index in [1.165, 1.54) is 12.2 Å². The monoisotopic (exact) mass is 381 g/mol. The van der Waals surface area contributed by atoms with Crippen LogP contribution in [-0.2, 0) is 33.6 Å². The Hall–Kier alpha value is -3.04.